The molecule has 0 aromatic carbocycles. The summed E-state index contributed by atoms with van der Waals surface area (Å²) < 4.78 is 66.8. The van der Waals surface area contributed by atoms with Crippen LogP contribution in [-0.2, 0) is 15.9 Å². The number of thiocarbonyl (C=S) groups is 1. The van der Waals surface area contributed by atoms with Crippen LogP contribution in [0.5, 0.6) is 0 Å². The van der Waals surface area contributed by atoms with Crippen molar-refractivity contribution in [2.24, 2.45) is 5.73 Å². The van der Waals surface area contributed by atoms with Crippen LogP contribution in [-0.4, -0.2) is 57.6 Å². The van der Waals surface area contributed by atoms with Crippen molar-refractivity contribution in [2.45, 2.75) is 24.1 Å². The Morgan fingerprint density at radius 1 is 1.59 bits per heavy atom. The number of nitro groups is 1. The van der Waals surface area contributed by atoms with E-state index >= 15 is 0 Å². The number of hydrogen-bond acceptors (Lipinski definition) is 7. The smallest absolute Gasteiger partial charge is 0.413 e. The number of rotatable bonds is 6. The second-order valence-electron chi connectivity index (χ2n) is 5.17. The summed E-state index contributed by atoms with van der Waals surface area (Å²) in [5, 5.41) is 15.3. The maximum Gasteiger partial charge on any atom is 0.413 e. The zero-order chi connectivity index (χ0) is 21.0. The summed E-state index contributed by atoms with van der Waals surface area (Å²) >= 11 is 2.06. The third-order valence-electron chi connectivity index (χ3n) is 3.23. The summed E-state index contributed by atoms with van der Waals surface area (Å²) in [6.45, 7) is 0. The summed E-state index contributed by atoms with van der Waals surface area (Å²) in [6, 6.07) is -1.38. The van der Waals surface area contributed by atoms with Crippen molar-refractivity contribution in [1.82, 2.24) is 10.6 Å². The van der Waals surface area contributed by atoms with Crippen LogP contribution in [0.3, 0.4) is 0 Å². The van der Waals surface area contributed by atoms with Gasteiger partial charge in [0.2, 0.25) is 0 Å². The van der Waals surface area contributed by atoms with Crippen molar-refractivity contribution in [3.05, 3.63) is 33.2 Å². The highest BCUT2D eigenvalue weighted by molar-refractivity contribution is 7.95. The van der Waals surface area contributed by atoms with Crippen molar-refractivity contribution < 1.29 is 36.6 Å². The molecule has 0 bridgehead atoms. The molecule has 0 spiro atoms. The Kier molecular flexibility index (Phi) is 7.53. The largest absolute Gasteiger partial charge is 0.611 e. The molecule has 0 radical (unpaired) electrons. The van der Waals surface area contributed by atoms with Crippen molar-refractivity contribution in [2.75, 3.05) is 12.9 Å². The molecule has 152 valence electrons. The molecule has 0 aromatic rings. The van der Waals surface area contributed by atoms with Crippen molar-refractivity contribution in [3.63, 3.8) is 0 Å². The zero-order valence-corrected chi connectivity index (χ0v) is 15.1. The Hall–Kier alpha value is -1.97. The van der Waals surface area contributed by atoms with E-state index < -0.39 is 62.0 Å². The molecule has 3 unspecified atom stereocenters. The van der Waals surface area contributed by atoms with Gasteiger partial charge < -0.3 is 14.6 Å². The number of halogens is 4. The van der Waals surface area contributed by atoms with E-state index in [1.807, 2.05) is 5.32 Å². The number of allylic oxidation sites excluding steroid dienone is 1. The average Bonchev–Trinajstić information content (AvgIpc) is 2.55. The number of carbonyl (C=O) groups excluding carboxylic acids is 1. The Labute approximate surface area is 158 Å². The summed E-state index contributed by atoms with van der Waals surface area (Å²) in [4.78, 5) is 20.9. The molecule has 1 amide bonds. The third-order valence-corrected chi connectivity index (χ3v) is 4.88. The number of methoxy groups -OCH3 is 1. The first-order valence-electron chi connectivity index (χ1n) is 6.87. The number of alkyl carbamates (subject to hydrolysis) is 1. The highest BCUT2D eigenvalue weighted by Crippen LogP contribution is 2.30. The summed E-state index contributed by atoms with van der Waals surface area (Å²) in [5.74, 6) is -6.29. The first-order valence-corrected chi connectivity index (χ1v) is 8.60. The van der Waals surface area contributed by atoms with E-state index in [1.165, 1.54) is 0 Å². The highest BCUT2D eigenvalue weighted by Gasteiger charge is 2.50. The minimum Gasteiger partial charge on any atom is -0.611 e. The van der Waals surface area contributed by atoms with Gasteiger partial charge in [0.05, 0.1) is 13.2 Å². The Morgan fingerprint density at radius 2 is 2.19 bits per heavy atom. The third kappa shape index (κ3) is 5.75. The maximum atomic E-state index is 13.1. The van der Waals surface area contributed by atoms with Gasteiger partial charge in [0.1, 0.15) is 6.04 Å². The van der Waals surface area contributed by atoms with Gasteiger partial charge >= 0.3 is 24.1 Å². The number of amides is 1. The predicted molar refractivity (Wildman–Crippen MR) is 90.2 cm³/mol. The quantitative estimate of drug-likeness (QED) is 0.138. The average molecular weight is 434 g/mol. The number of hydrogen-bond donors (Lipinski definition) is 3. The molecule has 0 aliphatic heterocycles. The molecule has 0 saturated carbocycles. The molecule has 3 atom stereocenters. The maximum absolute atomic E-state index is 13.1. The van der Waals surface area contributed by atoms with Crippen molar-refractivity contribution in [3.8, 4) is 0 Å². The number of carbonyl (C=O) groups is 1. The molecule has 0 aromatic heterocycles. The van der Waals surface area contributed by atoms with Gasteiger partial charge in [-0.1, -0.05) is 0 Å². The molecule has 15 heteroatoms. The van der Waals surface area contributed by atoms with Gasteiger partial charge in [-0.3, -0.25) is 21.2 Å². The molecular weight excluding hydrogens is 420 g/mol. The molecule has 1 aliphatic rings. The Morgan fingerprint density at radius 3 is 2.67 bits per heavy atom. The monoisotopic (exact) mass is 434 g/mol. The number of ether oxygens (including phenoxy) is 1. The lowest BCUT2D eigenvalue weighted by Gasteiger charge is -2.30. The minimum absolute atomic E-state index is 0.393. The van der Waals surface area contributed by atoms with E-state index in [9.17, 15) is 37.0 Å². The second-order valence-corrected chi connectivity index (χ2v) is 7.03. The zero-order valence-electron chi connectivity index (χ0n) is 13.5. The van der Waals surface area contributed by atoms with Crippen LogP contribution in [0.1, 0.15) is 0 Å². The topological polar surface area (TPSA) is 143 Å². The summed E-state index contributed by atoms with van der Waals surface area (Å²) in [5.41, 5.74) is 3.13. The van der Waals surface area contributed by atoms with Crippen LogP contribution in [0.25, 0.3) is 0 Å². The Bertz CT molecular complexity index is 678. The number of nitrogens with two attached hydrogens (primary N) is 1. The fourth-order valence-corrected chi connectivity index (χ4v) is 3.23. The van der Waals surface area contributed by atoms with Crippen LogP contribution in [0.15, 0.2) is 23.1 Å². The van der Waals surface area contributed by atoms with Crippen molar-refractivity contribution in [1.29, 1.82) is 0 Å². The molecule has 0 fully saturated rings. The van der Waals surface area contributed by atoms with Crippen molar-refractivity contribution >= 4 is 34.6 Å². The second kappa shape index (κ2) is 8.81. The summed E-state index contributed by atoms with van der Waals surface area (Å²) in [6.07, 6.45) is -2.48. The van der Waals surface area contributed by atoms with Crippen LogP contribution in [0.2, 0.25) is 0 Å². The minimum atomic E-state index is -4.55. The Balaban J connectivity index is 3.01. The first kappa shape index (κ1) is 23.1. The van der Waals surface area contributed by atoms with Gasteiger partial charge in [-0.05, 0) is 35.5 Å². The van der Waals surface area contributed by atoms with Gasteiger partial charge in [-0.2, -0.15) is 8.78 Å². The molecule has 9 nitrogen and oxygen atoms in total. The van der Waals surface area contributed by atoms with Crippen LogP contribution >= 0.6 is 12.2 Å². The highest BCUT2D eigenvalue weighted by atomic mass is 32.2. The fourth-order valence-electron chi connectivity index (χ4n) is 1.82. The number of nitrogens with zero attached hydrogens (tertiary/aromatic N) is 1. The molecule has 1 rings (SSSR count). The number of nitrogens with one attached hydrogen (secondary N) is 2. The molecule has 1 aliphatic carbocycles. The molecule has 0 saturated heterocycles. The lowest BCUT2D eigenvalue weighted by atomic mass is 9.97. The predicted octanol–water partition coefficient (Wildman–Crippen LogP) is 0.620. The van der Waals surface area contributed by atoms with E-state index in [2.05, 4.69) is 10.1 Å². The lowest BCUT2D eigenvalue weighted by Crippen LogP contribution is -2.63. The fraction of sp³-hybridized carbons (Fsp3) is 0.500. The van der Waals surface area contributed by atoms with Crippen LogP contribution in [0, 0.1) is 10.1 Å². The van der Waals surface area contributed by atoms with E-state index in [4.69, 9.17) is 18.0 Å². The van der Waals surface area contributed by atoms with Gasteiger partial charge in [0, 0.05) is 4.92 Å². The molecular formula is C12H14F4N4O5S2. The molecule has 27 heavy (non-hydrogen) atoms. The van der Waals surface area contributed by atoms with Crippen LogP contribution in [0.4, 0.5) is 22.4 Å². The summed E-state index contributed by atoms with van der Waals surface area (Å²) in [7, 11) is 1.04. The number of alkyl halides is 4. The van der Waals surface area contributed by atoms with Gasteiger partial charge in [0.15, 0.2) is 15.8 Å². The van der Waals surface area contributed by atoms with E-state index in [-0.39, 0.29) is 0 Å². The molecule has 0 heterocycles. The SMILES string of the molecule is COC(=O)NC(=S)NC1C=CC([S+]([O-])CC(F)(F)C(F)F)=CC1(N)[N+](=O)[O-]. The van der Waals surface area contributed by atoms with E-state index in [1.54, 1.807) is 0 Å². The standard InChI is InChI=1S/C12H14F4N4O5S2/c1-25-10(21)19-9(26)18-7-3-2-6(4-12(7,17)20(22)23)27(24)5-11(15,16)8(13)14/h2-4,7-8H,5,17H2,1H3,(H2,18,19,21,26). The van der Waals surface area contributed by atoms with E-state index in [0.717, 1.165) is 19.3 Å². The first-order chi connectivity index (χ1) is 12.3. The normalized spacial score (nSPS) is 23.4. The van der Waals surface area contributed by atoms with Gasteiger partial charge in [0.25, 0.3) is 0 Å². The van der Waals surface area contributed by atoms with Crippen LogP contribution < -0.4 is 16.4 Å². The van der Waals surface area contributed by atoms with E-state index in [0.29, 0.717) is 6.08 Å². The molecule has 4 N–H and O–H groups in total. The van der Waals surface area contributed by atoms with Gasteiger partial charge in [-0.25, -0.2) is 13.6 Å². The lowest BCUT2D eigenvalue weighted by molar-refractivity contribution is -0.556. The van der Waals surface area contributed by atoms with Gasteiger partial charge in [-0.15, -0.1) is 0 Å².